The molecule has 94 valence electrons. The summed E-state index contributed by atoms with van der Waals surface area (Å²) in [6.07, 6.45) is 3.51. The Morgan fingerprint density at radius 3 is 2.89 bits per heavy atom. The summed E-state index contributed by atoms with van der Waals surface area (Å²) in [5, 5.41) is 16.1. The summed E-state index contributed by atoms with van der Waals surface area (Å²) in [6.45, 7) is 1.82. The van der Waals surface area contributed by atoms with Crippen molar-refractivity contribution in [3.63, 3.8) is 0 Å². The average molecular weight is 246 g/mol. The molecule has 1 heterocycles. The fourth-order valence-electron chi connectivity index (χ4n) is 1.65. The topological polar surface area (TPSA) is 80.0 Å². The molecule has 18 heavy (non-hydrogen) atoms. The molecule has 0 aliphatic heterocycles. The number of carboxylic acid groups (broad SMARTS) is 1. The second-order valence-electron chi connectivity index (χ2n) is 3.80. The van der Waals surface area contributed by atoms with E-state index in [1.54, 1.807) is 11.0 Å². The predicted molar refractivity (Wildman–Crippen MR) is 66.7 cm³/mol. The molecule has 0 aliphatic carbocycles. The monoisotopic (exact) mass is 246 g/mol. The van der Waals surface area contributed by atoms with Crippen LogP contribution in [0.25, 0.3) is 5.69 Å². The molecule has 1 aromatic carbocycles. The van der Waals surface area contributed by atoms with Crippen molar-refractivity contribution < 1.29 is 9.90 Å². The van der Waals surface area contributed by atoms with Crippen molar-refractivity contribution >= 4 is 11.7 Å². The van der Waals surface area contributed by atoms with Gasteiger partial charge >= 0.3 is 5.97 Å². The lowest BCUT2D eigenvalue weighted by atomic mass is 10.2. The van der Waals surface area contributed by atoms with Crippen LogP contribution in [-0.4, -0.2) is 31.9 Å². The lowest BCUT2D eigenvalue weighted by Gasteiger charge is -2.16. The largest absolute Gasteiger partial charge is 0.480 e. The van der Waals surface area contributed by atoms with E-state index in [1.807, 2.05) is 31.2 Å². The maximum absolute atomic E-state index is 11.0. The minimum atomic E-state index is -0.870. The van der Waals surface area contributed by atoms with E-state index in [9.17, 15) is 4.79 Å². The van der Waals surface area contributed by atoms with Gasteiger partial charge in [-0.25, -0.2) is 14.5 Å². The van der Waals surface area contributed by atoms with Crippen LogP contribution in [0.1, 0.15) is 13.3 Å². The van der Waals surface area contributed by atoms with Gasteiger partial charge < -0.3 is 10.4 Å². The molecule has 2 aromatic rings. The number of rotatable bonds is 5. The number of hydrogen-bond donors (Lipinski definition) is 2. The van der Waals surface area contributed by atoms with E-state index in [4.69, 9.17) is 5.11 Å². The smallest absolute Gasteiger partial charge is 0.326 e. The Labute approximate surface area is 104 Å². The zero-order valence-electron chi connectivity index (χ0n) is 9.95. The maximum atomic E-state index is 11.0. The Morgan fingerprint density at radius 1 is 1.50 bits per heavy atom. The number of nitrogens with zero attached hydrogens (tertiary/aromatic N) is 3. The number of carbonyl (C=O) groups is 1. The SMILES string of the molecule is CCC(Nc1ccccc1-n1cncn1)C(=O)O. The Kier molecular flexibility index (Phi) is 3.57. The summed E-state index contributed by atoms with van der Waals surface area (Å²) in [5.41, 5.74) is 1.49. The summed E-state index contributed by atoms with van der Waals surface area (Å²) in [5.74, 6) is -0.870. The average Bonchev–Trinajstić information content (AvgIpc) is 2.89. The molecule has 6 nitrogen and oxygen atoms in total. The number of benzene rings is 1. The zero-order valence-corrected chi connectivity index (χ0v) is 9.95. The lowest BCUT2D eigenvalue weighted by Crippen LogP contribution is -2.28. The molecular formula is C12H14N4O2. The van der Waals surface area contributed by atoms with Gasteiger partial charge in [0, 0.05) is 0 Å². The Morgan fingerprint density at radius 2 is 2.28 bits per heavy atom. The van der Waals surface area contributed by atoms with Gasteiger partial charge in [-0.05, 0) is 18.6 Å². The van der Waals surface area contributed by atoms with Crippen molar-refractivity contribution in [1.82, 2.24) is 14.8 Å². The number of anilines is 1. The summed E-state index contributed by atoms with van der Waals surface area (Å²) in [4.78, 5) is 14.9. The molecule has 1 atom stereocenters. The van der Waals surface area contributed by atoms with Crippen molar-refractivity contribution in [2.24, 2.45) is 0 Å². The first-order valence-electron chi connectivity index (χ1n) is 5.65. The summed E-state index contributed by atoms with van der Waals surface area (Å²) in [6, 6.07) is 6.77. The third kappa shape index (κ3) is 2.48. The number of carboxylic acids is 1. The Hall–Kier alpha value is -2.37. The summed E-state index contributed by atoms with van der Waals surface area (Å²) < 4.78 is 1.59. The van der Waals surface area contributed by atoms with Crippen LogP contribution < -0.4 is 5.32 Å². The zero-order chi connectivity index (χ0) is 13.0. The highest BCUT2D eigenvalue weighted by Gasteiger charge is 2.16. The molecule has 0 bridgehead atoms. The molecular weight excluding hydrogens is 232 g/mol. The van der Waals surface area contributed by atoms with Crippen LogP contribution in [0.15, 0.2) is 36.9 Å². The molecule has 0 saturated carbocycles. The first kappa shape index (κ1) is 12.1. The van der Waals surface area contributed by atoms with Crippen molar-refractivity contribution in [3.05, 3.63) is 36.9 Å². The van der Waals surface area contributed by atoms with Gasteiger partial charge in [-0.2, -0.15) is 5.10 Å². The van der Waals surface area contributed by atoms with Gasteiger partial charge in [-0.3, -0.25) is 0 Å². The number of nitrogens with one attached hydrogen (secondary N) is 1. The molecule has 2 rings (SSSR count). The highest BCUT2D eigenvalue weighted by molar-refractivity contribution is 5.78. The van der Waals surface area contributed by atoms with E-state index in [0.29, 0.717) is 6.42 Å². The van der Waals surface area contributed by atoms with Gasteiger partial charge in [0.05, 0.1) is 11.4 Å². The molecule has 6 heteroatoms. The van der Waals surface area contributed by atoms with Gasteiger partial charge in [0.25, 0.3) is 0 Å². The molecule has 0 fully saturated rings. The highest BCUT2D eigenvalue weighted by Crippen LogP contribution is 2.20. The van der Waals surface area contributed by atoms with Crippen LogP contribution in [-0.2, 0) is 4.79 Å². The van der Waals surface area contributed by atoms with E-state index in [1.165, 1.54) is 6.33 Å². The number of hydrogen-bond acceptors (Lipinski definition) is 4. The molecule has 0 saturated heterocycles. The standard InChI is InChI=1S/C12H14N4O2/c1-2-9(12(17)18)15-10-5-3-4-6-11(10)16-8-13-7-14-16/h3-9,15H,2H2,1H3,(H,17,18). The van der Waals surface area contributed by atoms with Crippen LogP contribution in [0, 0.1) is 0 Å². The van der Waals surface area contributed by atoms with Crippen molar-refractivity contribution in [1.29, 1.82) is 0 Å². The Balaban J connectivity index is 2.31. The third-order valence-corrected chi connectivity index (χ3v) is 2.61. The fourth-order valence-corrected chi connectivity index (χ4v) is 1.65. The van der Waals surface area contributed by atoms with Gasteiger partial charge in [0.1, 0.15) is 18.7 Å². The van der Waals surface area contributed by atoms with Gasteiger partial charge in [-0.15, -0.1) is 0 Å². The number of aromatic nitrogens is 3. The molecule has 1 aromatic heterocycles. The maximum Gasteiger partial charge on any atom is 0.326 e. The lowest BCUT2D eigenvalue weighted by molar-refractivity contribution is -0.137. The number of para-hydroxylation sites is 2. The van der Waals surface area contributed by atoms with Crippen LogP contribution in [0.5, 0.6) is 0 Å². The Bertz CT molecular complexity index is 525. The second-order valence-corrected chi connectivity index (χ2v) is 3.80. The van der Waals surface area contributed by atoms with E-state index < -0.39 is 12.0 Å². The van der Waals surface area contributed by atoms with Gasteiger partial charge in [-0.1, -0.05) is 19.1 Å². The van der Waals surface area contributed by atoms with Crippen molar-refractivity contribution in [2.45, 2.75) is 19.4 Å². The van der Waals surface area contributed by atoms with E-state index in [0.717, 1.165) is 11.4 Å². The fraction of sp³-hybridized carbons (Fsp3) is 0.250. The van der Waals surface area contributed by atoms with Crippen LogP contribution in [0.3, 0.4) is 0 Å². The van der Waals surface area contributed by atoms with E-state index in [2.05, 4.69) is 15.4 Å². The van der Waals surface area contributed by atoms with E-state index in [-0.39, 0.29) is 0 Å². The quantitative estimate of drug-likeness (QED) is 0.836. The number of aliphatic carboxylic acids is 1. The highest BCUT2D eigenvalue weighted by atomic mass is 16.4. The molecule has 1 unspecified atom stereocenters. The summed E-state index contributed by atoms with van der Waals surface area (Å²) in [7, 11) is 0. The predicted octanol–water partition coefficient (Wildman–Crippen LogP) is 1.54. The van der Waals surface area contributed by atoms with Crippen LogP contribution in [0.4, 0.5) is 5.69 Å². The van der Waals surface area contributed by atoms with Crippen molar-refractivity contribution in [3.8, 4) is 5.69 Å². The second kappa shape index (κ2) is 5.31. The molecule has 2 N–H and O–H groups in total. The summed E-state index contributed by atoms with van der Waals surface area (Å²) >= 11 is 0. The molecule has 0 radical (unpaired) electrons. The normalized spacial score (nSPS) is 12.1. The first-order valence-corrected chi connectivity index (χ1v) is 5.65. The first-order chi connectivity index (χ1) is 8.72. The minimum absolute atomic E-state index is 0.501. The van der Waals surface area contributed by atoms with Crippen LogP contribution >= 0.6 is 0 Å². The molecule has 0 amide bonds. The molecule has 0 aliphatic rings. The van der Waals surface area contributed by atoms with Crippen LogP contribution in [0.2, 0.25) is 0 Å². The third-order valence-electron chi connectivity index (χ3n) is 2.61. The van der Waals surface area contributed by atoms with Gasteiger partial charge in [0.2, 0.25) is 0 Å². The molecule has 0 spiro atoms. The van der Waals surface area contributed by atoms with Gasteiger partial charge in [0.15, 0.2) is 0 Å². The van der Waals surface area contributed by atoms with Crippen molar-refractivity contribution in [2.75, 3.05) is 5.32 Å². The van der Waals surface area contributed by atoms with E-state index >= 15 is 0 Å². The minimum Gasteiger partial charge on any atom is -0.480 e.